The van der Waals surface area contributed by atoms with Gasteiger partial charge in [-0.2, -0.15) is 0 Å². The third-order valence-electron chi connectivity index (χ3n) is 5.11. The van der Waals surface area contributed by atoms with Crippen molar-refractivity contribution in [2.75, 3.05) is 0 Å². The molecule has 0 bridgehead atoms. The highest BCUT2D eigenvalue weighted by Gasteiger charge is 2.17. The number of aryl methyl sites for hydroxylation is 1. The first-order valence-electron chi connectivity index (χ1n) is 9.36. The van der Waals surface area contributed by atoms with Gasteiger partial charge in [-0.3, -0.25) is 0 Å². The quantitative estimate of drug-likeness (QED) is 0.414. The maximum absolute atomic E-state index is 11.3. The molecule has 0 fully saturated rings. The zero-order valence-electron chi connectivity index (χ0n) is 15.6. The summed E-state index contributed by atoms with van der Waals surface area (Å²) in [5.74, 6) is 0.360. The van der Waals surface area contributed by atoms with Crippen LogP contribution < -0.4 is 10.6 Å². The number of aromatic nitrogens is 1. The van der Waals surface area contributed by atoms with Gasteiger partial charge in [0, 0.05) is 16.1 Å². The Balaban J connectivity index is 1.78. The Hall–Kier alpha value is -3.09. The molecule has 1 heterocycles. The van der Waals surface area contributed by atoms with E-state index >= 15 is 0 Å². The largest absolute Gasteiger partial charge is 0.505 e. The second-order valence-electron chi connectivity index (χ2n) is 7.04. The van der Waals surface area contributed by atoms with Gasteiger partial charge < -0.3 is 9.67 Å². The van der Waals surface area contributed by atoms with E-state index in [4.69, 9.17) is 0 Å². The molecule has 0 amide bonds. The summed E-state index contributed by atoms with van der Waals surface area (Å²) >= 11 is 0. The molecule has 0 spiro atoms. The predicted octanol–water partition coefficient (Wildman–Crippen LogP) is 5.43. The lowest BCUT2D eigenvalue weighted by molar-refractivity contribution is 0.477. The number of para-hydroxylation sites is 2. The van der Waals surface area contributed by atoms with Gasteiger partial charge in [-0.05, 0) is 42.1 Å². The fourth-order valence-corrected chi connectivity index (χ4v) is 5.10. The summed E-state index contributed by atoms with van der Waals surface area (Å²) < 4.78 is 2.19. The monoisotopic (exact) mass is 381 g/mol. The summed E-state index contributed by atoms with van der Waals surface area (Å²) in [4.78, 5) is 0. The van der Waals surface area contributed by atoms with Crippen molar-refractivity contribution in [1.82, 2.24) is 4.57 Å². The average Bonchev–Trinajstić information content (AvgIpc) is 3.06. The van der Waals surface area contributed by atoms with Gasteiger partial charge in [0.05, 0.1) is 16.7 Å². The zero-order valence-corrected chi connectivity index (χ0v) is 16.6. The van der Waals surface area contributed by atoms with Crippen LogP contribution in [-0.4, -0.2) is 9.67 Å². The van der Waals surface area contributed by atoms with Gasteiger partial charge in [0.25, 0.3) is 0 Å². The van der Waals surface area contributed by atoms with Crippen molar-refractivity contribution in [2.24, 2.45) is 0 Å². The molecule has 1 unspecified atom stereocenters. The molecule has 1 N–H and O–H groups in total. The van der Waals surface area contributed by atoms with E-state index in [1.165, 1.54) is 16.1 Å². The molecule has 4 aromatic carbocycles. The zero-order chi connectivity index (χ0) is 19.1. The molecule has 0 aliphatic rings. The topological polar surface area (TPSA) is 25.2 Å². The fraction of sp³-hybridized carbons (Fsp3) is 0.0400. The summed E-state index contributed by atoms with van der Waals surface area (Å²) in [6.45, 7) is 2.09. The van der Waals surface area contributed by atoms with E-state index in [0.717, 1.165) is 27.6 Å². The fourth-order valence-electron chi connectivity index (χ4n) is 3.88. The number of benzene rings is 4. The van der Waals surface area contributed by atoms with Crippen LogP contribution in [0.4, 0.5) is 0 Å². The van der Waals surface area contributed by atoms with Gasteiger partial charge in [0.2, 0.25) is 0 Å². The lowest BCUT2D eigenvalue weighted by Crippen LogP contribution is -2.08. The molecule has 1 atom stereocenters. The number of aromatic hydroxyl groups is 1. The number of nitrogens with zero attached hydrogens (tertiary/aromatic N) is 1. The van der Waals surface area contributed by atoms with E-state index in [9.17, 15) is 5.11 Å². The summed E-state index contributed by atoms with van der Waals surface area (Å²) in [7, 11) is 0.413. The summed E-state index contributed by atoms with van der Waals surface area (Å²) in [6, 6.07) is 31.3. The Morgan fingerprint density at radius 3 is 1.93 bits per heavy atom. The van der Waals surface area contributed by atoms with Gasteiger partial charge in [-0.15, -0.1) is 0 Å². The molecule has 136 valence electrons. The van der Waals surface area contributed by atoms with Crippen molar-refractivity contribution in [2.45, 2.75) is 6.92 Å². The van der Waals surface area contributed by atoms with E-state index in [2.05, 4.69) is 84.3 Å². The lowest BCUT2D eigenvalue weighted by Gasteiger charge is -2.15. The van der Waals surface area contributed by atoms with Gasteiger partial charge in [0.1, 0.15) is 5.75 Å². The minimum absolute atomic E-state index is 0.360. The Morgan fingerprint density at radius 2 is 1.29 bits per heavy atom. The molecule has 0 radical (unpaired) electrons. The van der Waals surface area contributed by atoms with E-state index in [1.54, 1.807) is 0 Å². The molecular formula is C25H20NOP. The van der Waals surface area contributed by atoms with Crippen molar-refractivity contribution in [3.8, 4) is 11.4 Å². The third kappa shape index (κ3) is 2.78. The van der Waals surface area contributed by atoms with Crippen molar-refractivity contribution < 1.29 is 5.11 Å². The van der Waals surface area contributed by atoms with Crippen LogP contribution in [0.25, 0.3) is 27.5 Å². The third-order valence-corrected chi connectivity index (χ3v) is 6.38. The number of hydrogen-bond donors (Lipinski definition) is 1. The van der Waals surface area contributed by atoms with Crippen LogP contribution in [-0.2, 0) is 0 Å². The van der Waals surface area contributed by atoms with Crippen molar-refractivity contribution >= 4 is 41.0 Å². The molecule has 0 aliphatic carbocycles. The first-order valence-corrected chi connectivity index (χ1v) is 10.4. The molecule has 3 heteroatoms. The maximum Gasteiger partial charge on any atom is 0.147 e. The van der Waals surface area contributed by atoms with Crippen LogP contribution in [0.2, 0.25) is 0 Å². The van der Waals surface area contributed by atoms with Crippen LogP contribution in [0.3, 0.4) is 0 Å². The van der Waals surface area contributed by atoms with Crippen LogP contribution >= 0.6 is 8.58 Å². The summed E-state index contributed by atoms with van der Waals surface area (Å²) in [5, 5.41) is 15.8. The molecule has 0 aliphatic heterocycles. The number of fused-ring (bicyclic) bond motifs is 3. The number of rotatable bonds is 3. The number of phenolic OH excluding ortho intramolecular Hbond substituents is 1. The molecule has 2 nitrogen and oxygen atoms in total. The molecule has 1 aromatic heterocycles. The van der Waals surface area contributed by atoms with Crippen molar-refractivity contribution in [3.63, 3.8) is 0 Å². The van der Waals surface area contributed by atoms with Crippen LogP contribution in [0.15, 0.2) is 91.0 Å². The number of hydrogen-bond acceptors (Lipinski definition) is 1. The molecule has 5 rings (SSSR count). The minimum atomic E-state index is 0.360. The first kappa shape index (κ1) is 17.0. The minimum Gasteiger partial charge on any atom is -0.505 e. The van der Waals surface area contributed by atoms with Gasteiger partial charge >= 0.3 is 0 Å². The highest BCUT2D eigenvalue weighted by Crippen LogP contribution is 2.36. The number of phenols is 1. The average molecular weight is 381 g/mol. The maximum atomic E-state index is 11.3. The normalized spacial score (nSPS) is 11.8. The predicted molar refractivity (Wildman–Crippen MR) is 121 cm³/mol. The van der Waals surface area contributed by atoms with Crippen LogP contribution in [0.5, 0.6) is 5.75 Å². The second-order valence-corrected chi connectivity index (χ2v) is 8.41. The van der Waals surface area contributed by atoms with E-state index in [1.807, 2.05) is 18.2 Å². The lowest BCUT2D eigenvalue weighted by atomic mass is 10.2. The molecule has 28 heavy (non-hydrogen) atoms. The molecule has 0 saturated carbocycles. The van der Waals surface area contributed by atoms with Crippen molar-refractivity contribution in [3.05, 3.63) is 96.6 Å². The Bertz CT molecular complexity index is 1250. The van der Waals surface area contributed by atoms with Gasteiger partial charge in [-0.25, -0.2) is 0 Å². The first-order chi connectivity index (χ1) is 13.7. The van der Waals surface area contributed by atoms with Gasteiger partial charge in [-0.1, -0.05) is 75.3 Å². The summed E-state index contributed by atoms with van der Waals surface area (Å²) in [5.41, 5.74) is 4.21. The van der Waals surface area contributed by atoms with E-state index in [0.29, 0.717) is 14.3 Å². The Labute approximate surface area is 165 Å². The second kappa shape index (κ2) is 6.82. The molecule has 0 saturated heterocycles. The van der Waals surface area contributed by atoms with Crippen molar-refractivity contribution in [1.29, 1.82) is 0 Å². The van der Waals surface area contributed by atoms with Gasteiger partial charge in [0.15, 0.2) is 0 Å². The summed E-state index contributed by atoms with van der Waals surface area (Å²) in [6.07, 6.45) is 0. The molecular weight excluding hydrogens is 361 g/mol. The molecule has 5 aromatic rings. The van der Waals surface area contributed by atoms with Crippen LogP contribution in [0, 0.1) is 6.92 Å². The highest BCUT2D eigenvalue weighted by molar-refractivity contribution is 7.55. The highest BCUT2D eigenvalue weighted by atomic mass is 31.1. The Kier molecular flexibility index (Phi) is 4.15. The van der Waals surface area contributed by atoms with E-state index in [-0.39, 0.29) is 0 Å². The SMILES string of the molecule is Cc1cc(Pc2ccccc2)c(O)c(-n2c3ccccc3c3ccccc32)c1. The van der Waals surface area contributed by atoms with Crippen LogP contribution in [0.1, 0.15) is 5.56 Å². The van der Waals surface area contributed by atoms with E-state index < -0.39 is 0 Å². The standard InChI is InChI=1S/C25H20NOP/c1-17-15-23(25(27)24(16-17)28-18-9-3-2-4-10-18)26-21-13-7-5-11-19(21)20-12-6-8-14-22(20)26/h2-16,27-28H,1H3. The Morgan fingerprint density at radius 1 is 0.714 bits per heavy atom. The smallest absolute Gasteiger partial charge is 0.147 e.